The van der Waals surface area contributed by atoms with Crippen LogP contribution in [-0.4, -0.2) is 28.4 Å². The van der Waals surface area contributed by atoms with Crippen LogP contribution in [0.4, 0.5) is 0 Å². The van der Waals surface area contributed by atoms with E-state index < -0.39 is 0 Å². The van der Waals surface area contributed by atoms with Crippen LogP contribution in [0.15, 0.2) is 58.3 Å². The second-order valence-corrected chi connectivity index (χ2v) is 6.96. The second-order valence-electron chi connectivity index (χ2n) is 5.16. The molecule has 0 spiro atoms. The van der Waals surface area contributed by atoms with Crippen molar-refractivity contribution < 1.29 is 9.53 Å². The SMILES string of the molecule is C=CCn1c(SCC(=O)OC)nc2scc(-c3ccccc3)c2c1=O. The number of thiophene rings is 1. The van der Waals surface area contributed by atoms with Gasteiger partial charge in [-0.2, -0.15) is 0 Å². The highest BCUT2D eigenvalue weighted by atomic mass is 32.2. The third-order valence-corrected chi connectivity index (χ3v) is 5.42. The predicted octanol–water partition coefficient (Wildman–Crippen LogP) is 3.58. The summed E-state index contributed by atoms with van der Waals surface area (Å²) in [6.07, 6.45) is 1.64. The van der Waals surface area contributed by atoms with Crippen molar-refractivity contribution in [1.29, 1.82) is 0 Å². The van der Waals surface area contributed by atoms with Gasteiger partial charge in [-0.1, -0.05) is 48.2 Å². The van der Waals surface area contributed by atoms with Gasteiger partial charge in [0.1, 0.15) is 4.83 Å². The summed E-state index contributed by atoms with van der Waals surface area (Å²) < 4.78 is 6.20. The Balaban J connectivity index is 2.14. The van der Waals surface area contributed by atoms with Crippen LogP contribution in [0.2, 0.25) is 0 Å². The van der Waals surface area contributed by atoms with Crippen molar-refractivity contribution in [3.05, 3.63) is 58.7 Å². The van der Waals surface area contributed by atoms with Crippen molar-refractivity contribution in [3.63, 3.8) is 0 Å². The van der Waals surface area contributed by atoms with E-state index in [0.717, 1.165) is 11.1 Å². The summed E-state index contributed by atoms with van der Waals surface area (Å²) in [6, 6.07) is 9.76. The van der Waals surface area contributed by atoms with Gasteiger partial charge in [-0.3, -0.25) is 14.2 Å². The molecule has 0 radical (unpaired) electrons. The summed E-state index contributed by atoms with van der Waals surface area (Å²) >= 11 is 2.61. The first-order valence-electron chi connectivity index (χ1n) is 7.53. The van der Waals surface area contributed by atoms with Gasteiger partial charge >= 0.3 is 5.97 Å². The van der Waals surface area contributed by atoms with Crippen LogP contribution < -0.4 is 5.56 Å². The summed E-state index contributed by atoms with van der Waals surface area (Å²) in [7, 11) is 1.34. The zero-order chi connectivity index (χ0) is 17.8. The maximum absolute atomic E-state index is 13.1. The van der Waals surface area contributed by atoms with E-state index in [0.29, 0.717) is 21.9 Å². The number of ether oxygens (including phenoxy) is 1. The van der Waals surface area contributed by atoms with E-state index in [-0.39, 0.29) is 17.3 Å². The normalized spacial score (nSPS) is 10.8. The molecular weight excluding hydrogens is 356 g/mol. The average molecular weight is 372 g/mol. The van der Waals surface area contributed by atoms with Crippen LogP contribution in [-0.2, 0) is 16.1 Å². The largest absolute Gasteiger partial charge is 0.468 e. The van der Waals surface area contributed by atoms with Crippen molar-refractivity contribution >= 4 is 39.3 Å². The number of nitrogens with zero attached hydrogens (tertiary/aromatic N) is 2. The molecule has 5 nitrogen and oxygen atoms in total. The lowest BCUT2D eigenvalue weighted by atomic mass is 10.1. The molecule has 7 heteroatoms. The quantitative estimate of drug-likeness (QED) is 0.286. The molecule has 0 bridgehead atoms. The number of methoxy groups -OCH3 is 1. The maximum atomic E-state index is 13.1. The van der Waals surface area contributed by atoms with Crippen molar-refractivity contribution in [2.45, 2.75) is 11.7 Å². The molecule has 2 aromatic heterocycles. The van der Waals surface area contributed by atoms with Crippen molar-refractivity contribution in [2.24, 2.45) is 0 Å². The summed E-state index contributed by atoms with van der Waals surface area (Å²) in [4.78, 5) is 29.7. The lowest BCUT2D eigenvalue weighted by Gasteiger charge is -2.10. The Labute approximate surface area is 153 Å². The number of benzene rings is 1. The molecule has 3 rings (SSSR count). The molecule has 0 aliphatic carbocycles. The molecule has 0 fully saturated rings. The van der Waals surface area contributed by atoms with Gasteiger partial charge in [-0.15, -0.1) is 17.9 Å². The lowest BCUT2D eigenvalue weighted by Crippen LogP contribution is -2.23. The van der Waals surface area contributed by atoms with Crippen LogP contribution in [0.3, 0.4) is 0 Å². The highest BCUT2D eigenvalue weighted by Gasteiger charge is 2.17. The fourth-order valence-corrected chi connectivity index (χ4v) is 4.25. The van der Waals surface area contributed by atoms with E-state index in [1.807, 2.05) is 35.7 Å². The smallest absolute Gasteiger partial charge is 0.316 e. The predicted molar refractivity (Wildman–Crippen MR) is 102 cm³/mol. The topological polar surface area (TPSA) is 61.2 Å². The molecule has 0 saturated heterocycles. The Bertz CT molecular complexity index is 977. The van der Waals surface area contributed by atoms with Gasteiger partial charge < -0.3 is 4.74 Å². The van der Waals surface area contributed by atoms with E-state index in [1.54, 1.807) is 10.6 Å². The first-order chi connectivity index (χ1) is 12.2. The molecule has 25 heavy (non-hydrogen) atoms. The average Bonchev–Trinajstić information content (AvgIpc) is 3.07. The van der Waals surface area contributed by atoms with Crippen molar-refractivity contribution in [2.75, 3.05) is 12.9 Å². The van der Waals surface area contributed by atoms with Gasteiger partial charge in [-0.25, -0.2) is 4.98 Å². The monoisotopic (exact) mass is 372 g/mol. The zero-order valence-corrected chi connectivity index (χ0v) is 15.2. The van der Waals surface area contributed by atoms with Gasteiger partial charge in [0.15, 0.2) is 5.16 Å². The summed E-state index contributed by atoms with van der Waals surface area (Å²) in [6.45, 7) is 4.04. The van der Waals surface area contributed by atoms with E-state index >= 15 is 0 Å². The molecule has 0 atom stereocenters. The van der Waals surface area contributed by atoms with Gasteiger partial charge in [-0.05, 0) is 5.56 Å². The van der Waals surface area contributed by atoms with Crippen LogP contribution in [0.5, 0.6) is 0 Å². The fourth-order valence-electron chi connectivity index (χ4n) is 2.42. The third kappa shape index (κ3) is 3.52. The highest BCUT2D eigenvalue weighted by molar-refractivity contribution is 7.99. The van der Waals surface area contributed by atoms with Crippen LogP contribution in [0.25, 0.3) is 21.3 Å². The molecule has 0 unspecified atom stereocenters. The molecule has 2 heterocycles. The summed E-state index contributed by atoms with van der Waals surface area (Å²) in [5.74, 6) is -0.261. The van der Waals surface area contributed by atoms with Gasteiger partial charge in [0.2, 0.25) is 0 Å². The number of esters is 1. The number of hydrogen-bond acceptors (Lipinski definition) is 6. The van der Waals surface area contributed by atoms with Gasteiger partial charge in [0, 0.05) is 17.5 Å². The molecule has 3 aromatic rings. The number of carbonyl (C=O) groups is 1. The minimum Gasteiger partial charge on any atom is -0.468 e. The van der Waals surface area contributed by atoms with Crippen molar-refractivity contribution in [3.8, 4) is 11.1 Å². The number of aromatic nitrogens is 2. The van der Waals surface area contributed by atoms with Crippen molar-refractivity contribution in [1.82, 2.24) is 9.55 Å². The molecular formula is C18H16N2O3S2. The molecule has 1 aromatic carbocycles. The van der Waals surface area contributed by atoms with E-state index in [9.17, 15) is 9.59 Å². The Morgan fingerprint density at radius 2 is 2.16 bits per heavy atom. The summed E-state index contributed by atoms with van der Waals surface area (Å²) in [5, 5.41) is 3.03. The number of rotatable bonds is 6. The molecule has 0 aliphatic heterocycles. The lowest BCUT2D eigenvalue weighted by molar-refractivity contribution is -0.137. The number of carbonyl (C=O) groups excluding carboxylic acids is 1. The fraction of sp³-hybridized carbons (Fsp3) is 0.167. The minimum absolute atomic E-state index is 0.0997. The number of allylic oxidation sites excluding steroid dienone is 1. The molecule has 0 amide bonds. The molecule has 0 aliphatic rings. The zero-order valence-electron chi connectivity index (χ0n) is 13.6. The Morgan fingerprint density at radius 3 is 2.84 bits per heavy atom. The molecule has 0 N–H and O–H groups in total. The van der Waals surface area contributed by atoms with E-state index in [1.165, 1.54) is 30.2 Å². The number of thioether (sulfide) groups is 1. The van der Waals surface area contributed by atoms with Gasteiger partial charge in [0.05, 0.1) is 18.2 Å². The summed E-state index contributed by atoms with van der Waals surface area (Å²) in [5.41, 5.74) is 1.73. The highest BCUT2D eigenvalue weighted by Crippen LogP contribution is 2.32. The number of hydrogen-bond donors (Lipinski definition) is 0. The van der Waals surface area contributed by atoms with Crippen LogP contribution in [0.1, 0.15) is 0 Å². The minimum atomic E-state index is -0.361. The standard InChI is InChI=1S/C18H16N2O3S2/c1-3-9-20-17(22)15-13(12-7-5-4-6-8-12)10-24-16(15)19-18(20)25-11-14(21)23-2/h3-8,10H,1,9,11H2,2H3. The van der Waals surface area contributed by atoms with Crippen LogP contribution >= 0.6 is 23.1 Å². The molecule has 128 valence electrons. The Morgan fingerprint density at radius 1 is 1.40 bits per heavy atom. The maximum Gasteiger partial charge on any atom is 0.316 e. The Hall–Kier alpha value is -2.38. The molecule has 0 saturated carbocycles. The Kier molecular flexibility index (Phi) is 5.35. The third-order valence-electron chi connectivity index (χ3n) is 3.60. The van der Waals surface area contributed by atoms with E-state index in [2.05, 4.69) is 16.3 Å². The number of fused-ring (bicyclic) bond motifs is 1. The van der Waals surface area contributed by atoms with E-state index in [4.69, 9.17) is 0 Å². The van der Waals surface area contributed by atoms with Crippen LogP contribution in [0, 0.1) is 0 Å². The first-order valence-corrected chi connectivity index (χ1v) is 9.40. The second kappa shape index (κ2) is 7.67. The first kappa shape index (κ1) is 17.4. The van der Waals surface area contributed by atoms with Gasteiger partial charge in [0.25, 0.3) is 5.56 Å².